The molecule has 0 aliphatic carbocycles. The smallest absolute Gasteiger partial charge is 0.389 e. The average Bonchev–Trinajstić information content (AvgIpc) is 2.42. The van der Waals surface area contributed by atoms with Crippen LogP contribution >= 0.6 is 12.2 Å². The summed E-state index contributed by atoms with van der Waals surface area (Å²) in [5.41, 5.74) is 5.29. The molecular weight excluding hydrogens is 297 g/mol. The van der Waals surface area contributed by atoms with E-state index in [0.29, 0.717) is 18.2 Å². The van der Waals surface area contributed by atoms with Gasteiger partial charge in [-0.15, -0.1) is 0 Å². The van der Waals surface area contributed by atoms with E-state index < -0.39 is 11.7 Å². The Bertz CT molecular complexity index is 500. The largest absolute Gasteiger partial charge is 0.417 e. The fourth-order valence-electron chi connectivity index (χ4n) is 2.10. The lowest BCUT2D eigenvalue weighted by Gasteiger charge is -2.27. The van der Waals surface area contributed by atoms with E-state index >= 15 is 0 Å². The topological polar surface area (TPSA) is 29.3 Å². The predicted octanol–water partition coefficient (Wildman–Crippen LogP) is 4.21. The van der Waals surface area contributed by atoms with Gasteiger partial charge in [-0.1, -0.05) is 32.5 Å². The highest BCUT2D eigenvalue weighted by Gasteiger charge is 2.34. The number of thiocarbonyl (C=S) groups is 1. The van der Waals surface area contributed by atoms with E-state index in [1.165, 1.54) is 12.1 Å². The van der Waals surface area contributed by atoms with Gasteiger partial charge in [0, 0.05) is 24.3 Å². The molecule has 0 bridgehead atoms. The third kappa shape index (κ3) is 4.59. The molecule has 0 spiro atoms. The summed E-state index contributed by atoms with van der Waals surface area (Å²) in [7, 11) is 0. The first-order valence-electron chi connectivity index (χ1n) is 6.96. The van der Waals surface area contributed by atoms with Crippen molar-refractivity contribution >= 4 is 22.9 Å². The first-order valence-corrected chi connectivity index (χ1v) is 7.37. The second kappa shape index (κ2) is 7.11. The molecule has 6 heteroatoms. The molecule has 0 aliphatic heterocycles. The van der Waals surface area contributed by atoms with Crippen molar-refractivity contribution in [1.82, 2.24) is 0 Å². The van der Waals surface area contributed by atoms with Gasteiger partial charge in [-0.05, 0) is 31.0 Å². The van der Waals surface area contributed by atoms with Crippen LogP contribution in [0.2, 0.25) is 0 Å². The van der Waals surface area contributed by atoms with Crippen LogP contribution in [0.25, 0.3) is 0 Å². The Morgan fingerprint density at radius 2 is 1.95 bits per heavy atom. The van der Waals surface area contributed by atoms with Crippen molar-refractivity contribution in [3.05, 3.63) is 29.3 Å². The predicted molar refractivity (Wildman–Crippen MR) is 84.7 cm³/mol. The maximum absolute atomic E-state index is 13.0. The highest BCUT2D eigenvalue weighted by Crippen LogP contribution is 2.34. The molecule has 0 aliphatic rings. The van der Waals surface area contributed by atoms with Crippen LogP contribution in [0.4, 0.5) is 18.9 Å². The monoisotopic (exact) mass is 318 g/mol. The van der Waals surface area contributed by atoms with Crippen LogP contribution in [0, 0.1) is 5.92 Å². The van der Waals surface area contributed by atoms with Gasteiger partial charge in [0.1, 0.15) is 4.99 Å². The number of hydrogen-bond donors (Lipinski definition) is 1. The minimum atomic E-state index is -4.45. The molecule has 1 rings (SSSR count). The number of halogens is 3. The summed E-state index contributed by atoms with van der Waals surface area (Å²) in [4.78, 5) is 1.81. The quantitative estimate of drug-likeness (QED) is 0.797. The summed E-state index contributed by atoms with van der Waals surface area (Å²) < 4.78 is 38.9. The number of nitrogens with zero attached hydrogens (tertiary/aromatic N) is 1. The Morgan fingerprint density at radius 3 is 2.38 bits per heavy atom. The van der Waals surface area contributed by atoms with E-state index in [-0.39, 0.29) is 10.6 Å². The Labute approximate surface area is 129 Å². The normalized spacial score (nSPS) is 13.0. The molecule has 0 radical (unpaired) electrons. The molecule has 118 valence electrons. The third-order valence-electron chi connectivity index (χ3n) is 3.55. The third-order valence-corrected chi connectivity index (χ3v) is 3.77. The zero-order valence-electron chi connectivity index (χ0n) is 12.5. The lowest BCUT2D eigenvalue weighted by Crippen LogP contribution is -2.29. The van der Waals surface area contributed by atoms with E-state index in [0.717, 1.165) is 19.0 Å². The Kier molecular flexibility index (Phi) is 6.01. The fourth-order valence-corrected chi connectivity index (χ4v) is 2.27. The minimum absolute atomic E-state index is 0.113. The van der Waals surface area contributed by atoms with Crippen molar-refractivity contribution in [2.75, 3.05) is 18.0 Å². The molecule has 0 saturated carbocycles. The molecule has 1 aromatic carbocycles. The van der Waals surface area contributed by atoms with Crippen LogP contribution in [-0.2, 0) is 6.18 Å². The molecule has 0 aromatic heterocycles. The van der Waals surface area contributed by atoms with E-state index in [9.17, 15) is 13.2 Å². The van der Waals surface area contributed by atoms with Crippen LogP contribution in [0.5, 0.6) is 0 Å². The number of nitrogens with two attached hydrogens (primary N) is 1. The van der Waals surface area contributed by atoms with E-state index in [1.807, 2.05) is 11.8 Å². The summed E-state index contributed by atoms with van der Waals surface area (Å²) in [6, 6.07) is 3.98. The molecule has 1 unspecified atom stereocenters. The highest BCUT2D eigenvalue weighted by molar-refractivity contribution is 7.80. The van der Waals surface area contributed by atoms with Crippen LogP contribution in [0.3, 0.4) is 0 Å². The van der Waals surface area contributed by atoms with Gasteiger partial charge in [-0.2, -0.15) is 13.2 Å². The van der Waals surface area contributed by atoms with Crippen molar-refractivity contribution in [3.8, 4) is 0 Å². The summed E-state index contributed by atoms with van der Waals surface area (Å²) >= 11 is 4.77. The van der Waals surface area contributed by atoms with E-state index in [2.05, 4.69) is 13.8 Å². The first kappa shape index (κ1) is 17.8. The van der Waals surface area contributed by atoms with E-state index in [1.54, 1.807) is 0 Å². The zero-order valence-corrected chi connectivity index (χ0v) is 13.3. The average molecular weight is 318 g/mol. The number of benzene rings is 1. The van der Waals surface area contributed by atoms with Gasteiger partial charge < -0.3 is 10.6 Å². The molecule has 21 heavy (non-hydrogen) atoms. The van der Waals surface area contributed by atoms with Crippen LogP contribution in [0.15, 0.2) is 18.2 Å². The summed E-state index contributed by atoms with van der Waals surface area (Å²) in [5.74, 6) is 0.459. The molecule has 1 atom stereocenters. The second-order valence-electron chi connectivity index (χ2n) is 5.14. The van der Waals surface area contributed by atoms with Gasteiger partial charge in [0.2, 0.25) is 0 Å². The Hall–Kier alpha value is -1.30. The number of rotatable bonds is 6. The van der Waals surface area contributed by atoms with Gasteiger partial charge in [0.05, 0.1) is 5.56 Å². The van der Waals surface area contributed by atoms with Gasteiger partial charge in [-0.25, -0.2) is 0 Å². The van der Waals surface area contributed by atoms with Crippen LogP contribution in [-0.4, -0.2) is 18.1 Å². The lowest BCUT2D eigenvalue weighted by atomic mass is 10.0. The molecule has 0 heterocycles. The summed E-state index contributed by atoms with van der Waals surface area (Å²) in [6.45, 7) is 7.68. The van der Waals surface area contributed by atoms with Gasteiger partial charge in [0.25, 0.3) is 0 Å². The number of anilines is 1. The van der Waals surface area contributed by atoms with Crippen molar-refractivity contribution in [2.24, 2.45) is 11.7 Å². The molecule has 1 aromatic rings. The van der Waals surface area contributed by atoms with Crippen LogP contribution in [0.1, 0.15) is 38.3 Å². The van der Waals surface area contributed by atoms with Gasteiger partial charge in [-0.3, -0.25) is 0 Å². The lowest BCUT2D eigenvalue weighted by molar-refractivity contribution is -0.137. The molecule has 2 nitrogen and oxygen atoms in total. The van der Waals surface area contributed by atoms with Crippen LogP contribution < -0.4 is 10.6 Å². The molecule has 0 amide bonds. The first-order chi connectivity index (χ1) is 9.70. The standard InChI is InChI=1S/C15H21F3N2S/c1-4-10(3)9-20(5-2)11-6-7-13(15(16,17)18)12(8-11)14(19)21/h6-8,10H,4-5,9H2,1-3H3,(H2,19,21). The molecular formula is C15H21F3N2S. The Balaban J connectivity index is 3.21. The van der Waals surface area contributed by atoms with Crippen molar-refractivity contribution < 1.29 is 13.2 Å². The van der Waals surface area contributed by atoms with Crippen molar-refractivity contribution in [2.45, 2.75) is 33.4 Å². The second-order valence-corrected chi connectivity index (χ2v) is 5.58. The SMILES string of the molecule is CCC(C)CN(CC)c1ccc(C(F)(F)F)c(C(N)=S)c1. The van der Waals surface area contributed by atoms with Crippen molar-refractivity contribution in [1.29, 1.82) is 0 Å². The summed E-state index contributed by atoms with van der Waals surface area (Å²) in [5, 5.41) is 0. The Morgan fingerprint density at radius 1 is 1.33 bits per heavy atom. The maximum Gasteiger partial charge on any atom is 0.417 e. The number of hydrogen-bond acceptors (Lipinski definition) is 2. The fraction of sp³-hybridized carbons (Fsp3) is 0.533. The summed E-state index contributed by atoms with van der Waals surface area (Å²) in [6.07, 6.45) is -3.44. The minimum Gasteiger partial charge on any atom is -0.389 e. The molecule has 2 N–H and O–H groups in total. The van der Waals surface area contributed by atoms with Gasteiger partial charge in [0.15, 0.2) is 0 Å². The number of alkyl halides is 3. The molecule has 0 saturated heterocycles. The highest BCUT2D eigenvalue weighted by atomic mass is 32.1. The van der Waals surface area contributed by atoms with E-state index in [4.69, 9.17) is 18.0 Å². The van der Waals surface area contributed by atoms with Gasteiger partial charge >= 0.3 is 6.18 Å². The maximum atomic E-state index is 13.0. The zero-order chi connectivity index (χ0) is 16.2. The van der Waals surface area contributed by atoms with Crippen molar-refractivity contribution in [3.63, 3.8) is 0 Å². The molecule has 0 fully saturated rings.